The molecule has 7 heteroatoms. The minimum absolute atomic E-state index is 0.123. The fraction of sp³-hybridized carbons (Fsp3) is 0.158. The molecule has 2 aromatic rings. The monoisotopic (exact) mass is 350 g/mol. The van der Waals surface area contributed by atoms with E-state index in [1.165, 1.54) is 6.07 Å². The molecule has 0 fully saturated rings. The van der Waals surface area contributed by atoms with Gasteiger partial charge in [-0.05, 0) is 44.2 Å². The zero-order valence-corrected chi connectivity index (χ0v) is 14.7. The molecule has 0 unspecified atom stereocenters. The lowest BCUT2D eigenvalue weighted by Gasteiger charge is -2.09. The first-order valence-electron chi connectivity index (χ1n) is 7.76. The molecule has 2 rings (SSSR count). The molecule has 0 aliphatic rings. The van der Waals surface area contributed by atoms with Gasteiger partial charge >= 0.3 is 5.69 Å². The van der Waals surface area contributed by atoms with Gasteiger partial charge in [-0.25, -0.2) is 4.98 Å². The third kappa shape index (κ3) is 4.68. The predicted molar refractivity (Wildman–Crippen MR) is 99.2 cm³/mol. The molecule has 1 aromatic heterocycles. The lowest BCUT2D eigenvalue weighted by molar-refractivity contribution is -0.384. The van der Waals surface area contributed by atoms with Gasteiger partial charge in [0.05, 0.1) is 35.1 Å². The van der Waals surface area contributed by atoms with Crippen LogP contribution in [0.5, 0.6) is 0 Å². The number of hydrogen-bond acceptors (Lipinski definition) is 6. The average Bonchev–Trinajstić information content (AvgIpc) is 2.65. The van der Waals surface area contributed by atoms with E-state index in [1.807, 2.05) is 6.07 Å². The molecule has 0 saturated carbocycles. The molecule has 0 bridgehead atoms. The van der Waals surface area contributed by atoms with Gasteiger partial charge in [0.15, 0.2) is 0 Å². The highest BCUT2D eigenvalue weighted by molar-refractivity contribution is 5.68. The molecule has 0 atom stereocenters. The minimum Gasteiger partial charge on any atom is -0.501 e. The number of pyridine rings is 1. The van der Waals surface area contributed by atoms with E-state index in [0.29, 0.717) is 22.7 Å². The molecular formula is C19H18N4O3. The van der Waals surface area contributed by atoms with Crippen molar-refractivity contribution in [3.05, 3.63) is 75.7 Å². The molecular weight excluding hydrogens is 332 g/mol. The van der Waals surface area contributed by atoms with Gasteiger partial charge < -0.3 is 10.1 Å². The Labute approximate surface area is 151 Å². The summed E-state index contributed by atoms with van der Waals surface area (Å²) in [7, 11) is 1.57. The van der Waals surface area contributed by atoms with Gasteiger partial charge in [0.1, 0.15) is 0 Å². The second-order valence-electron chi connectivity index (χ2n) is 5.47. The molecule has 1 heterocycles. The van der Waals surface area contributed by atoms with Crippen LogP contribution in [0.15, 0.2) is 60.0 Å². The molecule has 1 N–H and O–H groups in total. The Hall–Kier alpha value is -3.66. The summed E-state index contributed by atoms with van der Waals surface area (Å²) in [5.74, 6) is 0.856. The standard InChI is InChI=1S/C19H18N4O3/c1-13(4-5-14(2)26-3)21-19-18(23(24)25)11-10-17(22-19)16-8-6-15(12-20)7-9-16/h4-11H,1-3H3,(H,21,22)/b13-4+,14-5-. The van der Waals surface area contributed by atoms with Crippen molar-refractivity contribution in [3.8, 4) is 17.3 Å². The summed E-state index contributed by atoms with van der Waals surface area (Å²) in [6, 6.07) is 11.9. The number of methoxy groups -OCH3 is 1. The second-order valence-corrected chi connectivity index (χ2v) is 5.47. The van der Waals surface area contributed by atoms with Crippen LogP contribution in [0.1, 0.15) is 19.4 Å². The van der Waals surface area contributed by atoms with Crippen LogP contribution in [0.3, 0.4) is 0 Å². The first kappa shape index (κ1) is 18.7. The van der Waals surface area contributed by atoms with Crippen molar-refractivity contribution in [1.82, 2.24) is 4.98 Å². The maximum absolute atomic E-state index is 11.3. The van der Waals surface area contributed by atoms with Gasteiger partial charge in [0, 0.05) is 17.3 Å². The SMILES string of the molecule is CO/C(C)=C\C=C(/C)Nc1nc(-c2ccc(C#N)cc2)ccc1[N+](=O)[O-]. The smallest absolute Gasteiger partial charge is 0.311 e. The van der Waals surface area contributed by atoms with Crippen LogP contribution in [0, 0.1) is 21.4 Å². The van der Waals surface area contributed by atoms with E-state index in [2.05, 4.69) is 10.3 Å². The lowest BCUT2D eigenvalue weighted by Crippen LogP contribution is -2.03. The third-order valence-corrected chi connectivity index (χ3v) is 3.59. The molecule has 7 nitrogen and oxygen atoms in total. The number of aromatic nitrogens is 1. The highest BCUT2D eigenvalue weighted by atomic mass is 16.6. The van der Waals surface area contributed by atoms with Crippen molar-refractivity contribution in [3.63, 3.8) is 0 Å². The van der Waals surface area contributed by atoms with Gasteiger partial charge in [0.2, 0.25) is 5.82 Å². The lowest BCUT2D eigenvalue weighted by atomic mass is 10.1. The fourth-order valence-electron chi connectivity index (χ4n) is 2.11. The molecule has 132 valence electrons. The van der Waals surface area contributed by atoms with Gasteiger partial charge in [0.25, 0.3) is 0 Å². The van der Waals surface area contributed by atoms with Crippen LogP contribution >= 0.6 is 0 Å². The third-order valence-electron chi connectivity index (χ3n) is 3.59. The number of anilines is 1. The van der Waals surface area contributed by atoms with Gasteiger partial charge in [-0.15, -0.1) is 0 Å². The molecule has 26 heavy (non-hydrogen) atoms. The Bertz CT molecular complexity index is 909. The van der Waals surface area contributed by atoms with Crippen molar-refractivity contribution < 1.29 is 9.66 Å². The summed E-state index contributed by atoms with van der Waals surface area (Å²) in [5, 5.41) is 23.1. The van der Waals surface area contributed by atoms with E-state index in [-0.39, 0.29) is 11.5 Å². The minimum atomic E-state index is -0.485. The molecule has 0 aliphatic carbocycles. The van der Waals surface area contributed by atoms with E-state index < -0.39 is 4.92 Å². The summed E-state index contributed by atoms with van der Waals surface area (Å²) < 4.78 is 5.05. The number of nitrogens with one attached hydrogen (secondary N) is 1. The number of benzene rings is 1. The van der Waals surface area contributed by atoms with E-state index in [1.54, 1.807) is 63.4 Å². The van der Waals surface area contributed by atoms with E-state index in [4.69, 9.17) is 10.00 Å². The summed E-state index contributed by atoms with van der Waals surface area (Å²) in [5.41, 5.74) is 2.42. The van der Waals surface area contributed by atoms with Gasteiger partial charge in [-0.2, -0.15) is 5.26 Å². The average molecular weight is 350 g/mol. The highest BCUT2D eigenvalue weighted by Gasteiger charge is 2.16. The van der Waals surface area contributed by atoms with Crippen LogP contribution in [0.25, 0.3) is 11.3 Å². The van der Waals surface area contributed by atoms with Crippen LogP contribution < -0.4 is 5.32 Å². The Morgan fingerprint density at radius 1 is 1.23 bits per heavy atom. The molecule has 0 aliphatic heterocycles. The number of hydrogen-bond donors (Lipinski definition) is 1. The zero-order valence-electron chi connectivity index (χ0n) is 14.7. The first-order valence-corrected chi connectivity index (χ1v) is 7.76. The fourth-order valence-corrected chi connectivity index (χ4v) is 2.11. The first-order chi connectivity index (χ1) is 12.4. The zero-order chi connectivity index (χ0) is 19.1. The van der Waals surface area contributed by atoms with Crippen molar-refractivity contribution in [2.45, 2.75) is 13.8 Å². The number of ether oxygens (including phenoxy) is 1. The quantitative estimate of drug-likeness (QED) is 0.359. The normalized spacial score (nSPS) is 11.6. The van der Waals surface area contributed by atoms with Crippen LogP contribution in [-0.2, 0) is 4.74 Å². The van der Waals surface area contributed by atoms with Gasteiger partial charge in [-0.3, -0.25) is 10.1 Å². The second kappa shape index (κ2) is 8.44. The number of rotatable bonds is 6. The molecule has 0 radical (unpaired) electrons. The number of allylic oxidation sites excluding steroid dienone is 4. The van der Waals surface area contributed by atoms with Crippen LogP contribution in [0.2, 0.25) is 0 Å². The summed E-state index contributed by atoms with van der Waals surface area (Å²) in [6.45, 7) is 3.58. The van der Waals surface area contributed by atoms with Crippen molar-refractivity contribution >= 4 is 11.5 Å². The number of nitro groups is 1. The Morgan fingerprint density at radius 3 is 2.50 bits per heavy atom. The largest absolute Gasteiger partial charge is 0.501 e. The van der Waals surface area contributed by atoms with E-state index >= 15 is 0 Å². The highest BCUT2D eigenvalue weighted by Crippen LogP contribution is 2.28. The van der Waals surface area contributed by atoms with Crippen molar-refractivity contribution in [2.24, 2.45) is 0 Å². The van der Waals surface area contributed by atoms with E-state index in [0.717, 1.165) is 5.56 Å². The van der Waals surface area contributed by atoms with Gasteiger partial charge in [-0.1, -0.05) is 12.1 Å². The number of nitrogens with zero attached hydrogens (tertiary/aromatic N) is 3. The molecule has 0 spiro atoms. The summed E-state index contributed by atoms with van der Waals surface area (Å²) in [6.07, 6.45) is 3.50. The summed E-state index contributed by atoms with van der Waals surface area (Å²) >= 11 is 0. The maximum Gasteiger partial charge on any atom is 0.311 e. The van der Waals surface area contributed by atoms with Crippen LogP contribution in [-0.4, -0.2) is 17.0 Å². The van der Waals surface area contributed by atoms with Crippen LogP contribution in [0.4, 0.5) is 11.5 Å². The van der Waals surface area contributed by atoms with E-state index in [9.17, 15) is 10.1 Å². The predicted octanol–water partition coefficient (Wildman–Crippen LogP) is 4.39. The summed E-state index contributed by atoms with van der Waals surface area (Å²) in [4.78, 5) is 15.2. The molecule has 0 saturated heterocycles. The Morgan fingerprint density at radius 2 is 1.92 bits per heavy atom. The Balaban J connectivity index is 2.39. The van der Waals surface area contributed by atoms with Crippen molar-refractivity contribution in [1.29, 1.82) is 5.26 Å². The Kier molecular flexibility index (Phi) is 6.06. The molecule has 0 amide bonds. The maximum atomic E-state index is 11.3. The number of nitriles is 1. The molecule has 1 aromatic carbocycles. The van der Waals surface area contributed by atoms with Crippen molar-refractivity contribution in [2.75, 3.05) is 12.4 Å². The topological polar surface area (TPSA) is 101 Å².